The van der Waals surface area contributed by atoms with Crippen molar-refractivity contribution in [2.24, 2.45) is 0 Å². The van der Waals surface area contributed by atoms with E-state index in [9.17, 15) is 14.4 Å². The Balaban J connectivity index is 1.68. The zero-order chi connectivity index (χ0) is 15.9. The number of carboxylic acids is 1. The zero-order valence-electron chi connectivity index (χ0n) is 11.1. The van der Waals surface area contributed by atoms with E-state index in [1.165, 1.54) is 18.0 Å². The molecular weight excluding hydrogens is 332 g/mol. The van der Waals surface area contributed by atoms with E-state index in [0.717, 1.165) is 4.90 Å². The minimum absolute atomic E-state index is 0.0244. The van der Waals surface area contributed by atoms with Gasteiger partial charge in [-0.2, -0.15) is 0 Å². The summed E-state index contributed by atoms with van der Waals surface area (Å²) in [5.74, 6) is -1.29. The van der Waals surface area contributed by atoms with Crippen LogP contribution in [0.4, 0.5) is 0 Å². The predicted octanol–water partition coefficient (Wildman–Crippen LogP) is 0.757. The van der Waals surface area contributed by atoms with E-state index < -0.39 is 23.3 Å². The number of nitrogens with one attached hydrogen (secondary N) is 1. The molecule has 1 fully saturated rings. The lowest BCUT2D eigenvalue weighted by Gasteiger charge is -2.48. The molecule has 3 heterocycles. The summed E-state index contributed by atoms with van der Waals surface area (Å²) in [5.41, 5.74) is -0.202. The number of carbonyl (C=O) groups excluding carboxylic acids is 2. The van der Waals surface area contributed by atoms with Gasteiger partial charge in [-0.3, -0.25) is 14.5 Å². The van der Waals surface area contributed by atoms with Crippen molar-refractivity contribution in [3.05, 3.63) is 34.9 Å². The standard InChI is InChI=1S/C13H11ClN2O5S/c14-7-5-22-12-9(11(18)16(12)10(7)13(19)20)15-8(17)4-6-2-1-3-21-6/h1-3,9,12H,4-5H2,(H,15,17)(H,19,20)/t9?,12-/m1/s1. The van der Waals surface area contributed by atoms with Crippen LogP contribution < -0.4 is 5.32 Å². The molecule has 0 bridgehead atoms. The number of thioether (sulfide) groups is 1. The molecule has 0 aromatic carbocycles. The van der Waals surface area contributed by atoms with Gasteiger partial charge in [-0.1, -0.05) is 11.6 Å². The summed E-state index contributed by atoms with van der Waals surface area (Å²) < 4.78 is 5.07. The molecule has 1 unspecified atom stereocenters. The van der Waals surface area contributed by atoms with E-state index in [-0.39, 0.29) is 23.1 Å². The van der Waals surface area contributed by atoms with Gasteiger partial charge in [-0.05, 0) is 12.1 Å². The van der Waals surface area contributed by atoms with Crippen LogP contribution in [0.15, 0.2) is 33.5 Å². The molecule has 2 N–H and O–H groups in total. The highest BCUT2D eigenvalue weighted by molar-refractivity contribution is 8.00. The average molecular weight is 343 g/mol. The molecule has 3 rings (SSSR count). The van der Waals surface area contributed by atoms with E-state index in [4.69, 9.17) is 21.1 Å². The van der Waals surface area contributed by atoms with Crippen LogP contribution in [-0.2, 0) is 20.8 Å². The van der Waals surface area contributed by atoms with Crippen LogP contribution in [0.5, 0.6) is 0 Å². The van der Waals surface area contributed by atoms with Crippen molar-refractivity contribution in [3.8, 4) is 0 Å². The number of hydrogen-bond donors (Lipinski definition) is 2. The van der Waals surface area contributed by atoms with Crippen LogP contribution >= 0.6 is 23.4 Å². The molecule has 2 aliphatic rings. The third-order valence-electron chi connectivity index (χ3n) is 3.36. The van der Waals surface area contributed by atoms with E-state index in [2.05, 4.69) is 5.32 Å². The van der Waals surface area contributed by atoms with Gasteiger partial charge in [-0.15, -0.1) is 11.8 Å². The molecule has 1 aromatic heterocycles. The largest absolute Gasteiger partial charge is 0.477 e. The summed E-state index contributed by atoms with van der Waals surface area (Å²) in [6.07, 6.45) is 1.48. The summed E-state index contributed by atoms with van der Waals surface area (Å²) in [6.45, 7) is 0. The smallest absolute Gasteiger partial charge is 0.353 e. The number of fused-ring (bicyclic) bond motifs is 1. The summed E-state index contributed by atoms with van der Waals surface area (Å²) in [5, 5.41) is 11.4. The Morgan fingerprint density at radius 1 is 1.55 bits per heavy atom. The van der Waals surface area contributed by atoms with Crippen molar-refractivity contribution in [1.29, 1.82) is 0 Å². The van der Waals surface area contributed by atoms with E-state index in [1.807, 2.05) is 0 Å². The lowest BCUT2D eigenvalue weighted by Crippen LogP contribution is -2.70. The predicted molar refractivity (Wildman–Crippen MR) is 77.9 cm³/mol. The van der Waals surface area contributed by atoms with Crippen LogP contribution in [0.3, 0.4) is 0 Å². The first-order chi connectivity index (χ1) is 10.5. The number of halogens is 1. The Kier molecular flexibility index (Phi) is 3.88. The van der Waals surface area contributed by atoms with Crippen LogP contribution in [0.2, 0.25) is 0 Å². The fourth-order valence-electron chi connectivity index (χ4n) is 2.38. The Morgan fingerprint density at radius 3 is 2.95 bits per heavy atom. The molecule has 1 aromatic rings. The number of furan rings is 1. The molecule has 7 nitrogen and oxygen atoms in total. The molecule has 0 spiro atoms. The molecular formula is C13H11ClN2O5S. The van der Waals surface area contributed by atoms with Crippen LogP contribution in [0.1, 0.15) is 5.76 Å². The van der Waals surface area contributed by atoms with Crippen LogP contribution in [0, 0.1) is 0 Å². The molecule has 9 heteroatoms. The molecule has 2 aliphatic heterocycles. The Morgan fingerprint density at radius 2 is 2.32 bits per heavy atom. The van der Waals surface area contributed by atoms with Gasteiger partial charge >= 0.3 is 5.97 Å². The van der Waals surface area contributed by atoms with Gasteiger partial charge in [0.05, 0.1) is 17.7 Å². The number of hydrogen-bond acceptors (Lipinski definition) is 5. The Bertz CT molecular complexity index is 672. The molecule has 2 amide bonds. The number of aliphatic carboxylic acids is 1. The zero-order valence-corrected chi connectivity index (χ0v) is 12.7. The third kappa shape index (κ3) is 2.48. The van der Waals surface area contributed by atoms with Crippen molar-refractivity contribution in [2.75, 3.05) is 5.75 Å². The lowest BCUT2D eigenvalue weighted by atomic mass is 10.0. The number of nitrogens with zero attached hydrogens (tertiary/aromatic N) is 1. The van der Waals surface area contributed by atoms with Crippen molar-refractivity contribution < 1.29 is 23.9 Å². The van der Waals surface area contributed by atoms with Crippen molar-refractivity contribution in [3.63, 3.8) is 0 Å². The minimum Gasteiger partial charge on any atom is -0.477 e. The maximum Gasteiger partial charge on any atom is 0.353 e. The van der Waals surface area contributed by atoms with Crippen molar-refractivity contribution >= 4 is 41.1 Å². The molecule has 0 radical (unpaired) electrons. The summed E-state index contributed by atoms with van der Waals surface area (Å²) in [4.78, 5) is 36.3. The van der Waals surface area contributed by atoms with E-state index in [1.54, 1.807) is 12.1 Å². The van der Waals surface area contributed by atoms with Crippen LogP contribution in [-0.4, -0.2) is 45.0 Å². The van der Waals surface area contributed by atoms with Gasteiger partial charge in [0.15, 0.2) is 0 Å². The van der Waals surface area contributed by atoms with E-state index >= 15 is 0 Å². The Hall–Kier alpha value is -1.93. The monoisotopic (exact) mass is 342 g/mol. The number of rotatable bonds is 4. The number of β-lactam (4-membered cyclic amide) rings is 1. The summed E-state index contributed by atoms with van der Waals surface area (Å²) >= 11 is 7.19. The quantitative estimate of drug-likeness (QED) is 0.783. The molecule has 0 aliphatic carbocycles. The first-order valence-corrected chi connectivity index (χ1v) is 7.80. The van der Waals surface area contributed by atoms with Gasteiger partial charge in [0.25, 0.3) is 5.91 Å². The average Bonchev–Trinajstić information content (AvgIpc) is 2.97. The summed E-state index contributed by atoms with van der Waals surface area (Å²) in [6, 6.07) is 2.59. The topological polar surface area (TPSA) is 99.9 Å². The number of carbonyl (C=O) groups is 3. The first-order valence-electron chi connectivity index (χ1n) is 6.37. The molecule has 116 valence electrons. The van der Waals surface area contributed by atoms with Crippen molar-refractivity contribution in [1.82, 2.24) is 10.2 Å². The van der Waals surface area contributed by atoms with E-state index in [0.29, 0.717) is 11.5 Å². The highest BCUT2D eigenvalue weighted by atomic mass is 35.5. The van der Waals surface area contributed by atoms with Crippen molar-refractivity contribution in [2.45, 2.75) is 17.8 Å². The van der Waals surface area contributed by atoms with Gasteiger partial charge < -0.3 is 14.8 Å². The minimum atomic E-state index is -1.25. The van der Waals surface area contributed by atoms with Gasteiger partial charge in [0, 0.05) is 5.75 Å². The number of carboxylic acid groups (broad SMARTS) is 1. The fraction of sp³-hybridized carbons (Fsp3) is 0.308. The maximum atomic E-state index is 12.1. The van der Waals surface area contributed by atoms with Gasteiger partial charge in [0.2, 0.25) is 5.91 Å². The second-order valence-electron chi connectivity index (χ2n) is 4.77. The maximum absolute atomic E-state index is 12.1. The third-order valence-corrected chi connectivity index (χ3v) is 5.11. The summed E-state index contributed by atoms with van der Waals surface area (Å²) in [7, 11) is 0. The second-order valence-corrected chi connectivity index (χ2v) is 6.33. The van der Waals surface area contributed by atoms with Gasteiger partial charge in [0.1, 0.15) is 22.9 Å². The molecule has 1 saturated heterocycles. The normalized spacial score (nSPS) is 23.9. The highest BCUT2D eigenvalue weighted by Crippen LogP contribution is 2.41. The molecule has 22 heavy (non-hydrogen) atoms. The van der Waals surface area contributed by atoms with Gasteiger partial charge in [-0.25, -0.2) is 4.79 Å². The SMILES string of the molecule is O=C(Cc1ccco1)NC1C(=O)N2C(C(=O)O)=C(Cl)CS[C@H]12. The second kappa shape index (κ2) is 5.69. The molecule has 2 atom stereocenters. The fourth-order valence-corrected chi connectivity index (χ4v) is 3.93. The first kappa shape index (κ1) is 15.0. The highest BCUT2D eigenvalue weighted by Gasteiger charge is 2.54. The van der Waals surface area contributed by atoms with Crippen LogP contribution in [0.25, 0.3) is 0 Å². The lowest BCUT2D eigenvalue weighted by molar-refractivity contribution is -0.150. The Labute approximate surface area is 134 Å². The molecule has 0 saturated carbocycles. The number of amides is 2.